The molecule has 74 valence electrons. The van der Waals surface area contributed by atoms with Gasteiger partial charge in [0, 0.05) is 6.21 Å². The van der Waals surface area contributed by atoms with Crippen molar-refractivity contribution in [3.05, 3.63) is 11.6 Å². The van der Waals surface area contributed by atoms with E-state index in [1.807, 2.05) is 0 Å². The fraction of sp³-hybridized carbons (Fsp3) is 0.556. The third kappa shape index (κ3) is 10.7. The van der Waals surface area contributed by atoms with Crippen molar-refractivity contribution in [3.63, 3.8) is 0 Å². The Morgan fingerprint density at radius 3 is 2.69 bits per heavy atom. The first kappa shape index (κ1) is 11.7. The maximum absolute atomic E-state index is 10.2. The van der Waals surface area contributed by atoms with E-state index in [0.29, 0.717) is 0 Å². The third-order valence-electron chi connectivity index (χ3n) is 1.36. The minimum atomic E-state index is -0.624. The van der Waals surface area contributed by atoms with Gasteiger partial charge in [0.2, 0.25) is 0 Å². The van der Waals surface area contributed by atoms with Crippen molar-refractivity contribution in [1.29, 1.82) is 0 Å². The van der Waals surface area contributed by atoms with Gasteiger partial charge in [0.05, 0.1) is 0 Å². The van der Waals surface area contributed by atoms with Crippen LogP contribution < -0.4 is 11.2 Å². The minimum absolute atomic E-state index is 0.624. The van der Waals surface area contributed by atoms with Crippen LogP contribution in [0.3, 0.4) is 0 Å². The van der Waals surface area contributed by atoms with Crippen molar-refractivity contribution >= 4 is 12.2 Å². The van der Waals surface area contributed by atoms with E-state index in [-0.39, 0.29) is 0 Å². The predicted octanol–water partition coefficient (Wildman–Crippen LogP) is 1.78. The van der Waals surface area contributed by atoms with Gasteiger partial charge < -0.3 is 5.73 Å². The molecule has 0 spiro atoms. The fourth-order valence-electron chi connectivity index (χ4n) is 0.774. The number of hydrogen-bond donors (Lipinski definition) is 2. The lowest BCUT2D eigenvalue weighted by atomic mass is 10.2. The van der Waals surface area contributed by atoms with Crippen LogP contribution in [-0.4, -0.2) is 12.2 Å². The van der Waals surface area contributed by atoms with Crippen molar-refractivity contribution in [2.24, 2.45) is 10.8 Å². The van der Waals surface area contributed by atoms with Crippen molar-refractivity contribution in [2.75, 3.05) is 0 Å². The molecule has 0 saturated heterocycles. The Labute approximate surface area is 78.9 Å². The smallest absolute Gasteiger partial charge is 0.332 e. The van der Waals surface area contributed by atoms with Gasteiger partial charge in [-0.3, -0.25) is 0 Å². The monoisotopic (exact) mass is 183 g/mol. The molecule has 0 rings (SSSR count). The summed E-state index contributed by atoms with van der Waals surface area (Å²) < 4.78 is 0. The van der Waals surface area contributed by atoms with Gasteiger partial charge in [-0.05, 0) is 33.1 Å². The van der Waals surface area contributed by atoms with Gasteiger partial charge in [-0.2, -0.15) is 5.10 Å². The zero-order chi connectivity index (χ0) is 10.1. The SMILES string of the molecule is CC(C)=CCCCC=NNC(N)=O. The largest absolute Gasteiger partial charge is 0.350 e. The summed E-state index contributed by atoms with van der Waals surface area (Å²) in [7, 11) is 0. The molecule has 0 aromatic rings. The van der Waals surface area contributed by atoms with E-state index in [1.165, 1.54) is 5.57 Å². The lowest BCUT2D eigenvalue weighted by molar-refractivity contribution is 0.249. The number of primary amides is 1. The van der Waals surface area contributed by atoms with Gasteiger partial charge in [-0.15, -0.1) is 0 Å². The zero-order valence-electron chi connectivity index (χ0n) is 8.21. The first-order chi connectivity index (χ1) is 6.13. The number of rotatable bonds is 5. The Bertz CT molecular complexity index is 205. The number of nitrogens with zero attached hydrogens (tertiary/aromatic N) is 1. The number of hydrazone groups is 1. The number of unbranched alkanes of at least 4 members (excludes halogenated alkanes) is 2. The molecule has 0 aliphatic carbocycles. The van der Waals surface area contributed by atoms with Gasteiger partial charge >= 0.3 is 6.03 Å². The summed E-state index contributed by atoms with van der Waals surface area (Å²) in [6.07, 6.45) is 6.77. The van der Waals surface area contributed by atoms with Crippen molar-refractivity contribution < 1.29 is 4.79 Å². The maximum atomic E-state index is 10.2. The van der Waals surface area contributed by atoms with Crippen LogP contribution in [0.1, 0.15) is 33.1 Å². The molecule has 0 aromatic carbocycles. The quantitative estimate of drug-likeness (QED) is 0.290. The van der Waals surface area contributed by atoms with Crippen LogP contribution in [0.4, 0.5) is 4.79 Å². The van der Waals surface area contributed by atoms with E-state index in [0.717, 1.165) is 19.3 Å². The van der Waals surface area contributed by atoms with E-state index in [2.05, 4.69) is 30.5 Å². The highest BCUT2D eigenvalue weighted by Gasteiger charge is 1.84. The van der Waals surface area contributed by atoms with Gasteiger partial charge in [0.1, 0.15) is 0 Å². The molecule has 0 fully saturated rings. The highest BCUT2D eigenvalue weighted by Crippen LogP contribution is 1.98. The standard InChI is InChI=1S/C9H17N3O/c1-8(2)6-4-3-5-7-11-12-9(10)13/h6-7H,3-5H2,1-2H3,(H3,10,12,13). The number of urea groups is 1. The van der Waals surface area contributed by atoms with Crippen molar-refractivity contribution in [2.45, 2.75) is 33.1 Å². The molecule has 0 aliphatic heterocycles. The van der Waals surface area contributed by atoms with Crippen LogP contribution in [-0.2, 0) is 0 Å². The molecule has 0 radical (unpaired) electrons. The first-order valence-corrected chi connectivity index (χ1v) is 4.33. The molecule has 0 aromatic heterocycles. The fourth-order valence-corrected chi connectivity index (χ4v) is 0.774. The molecule has 4 nitrogen and oxygen atoms in total. The Kier molecular flexibility index (Phi) is 6.59. The second kappa shape index (κ2) is 7.34. The van der Waals surface area contributed by atoms with Crippen LogP contribution in [0, 0.1) is 0 Å². The summed E-state index contributed by atoms with van der Waals surface area (Å²) in [5.41, 5.74) is 8.26. The number of nitrogens with one attached hydrogen (secondary N) is 1. The second-order valence-corrected chi connectivity index (χ2v) is 3.00. The van der Waals surface area contributed by atoms with Gasteiger partial charge in [0.25, 0.3) is 0 Å². The number of allylic oxidation sites excluding steroid dienone is 2. The van der Waals surface area contributed by atoms with Crippen LogP contribution in [0.25, 0.3) is 0 Å². The third-order valence-corrected chi connectivity index (χ3v) is 1.36. The Balaban J connectivity index is 3.30. The van der Waals surface area contributed by atoms with Crippen LogP contribution >= 0.6 is 0 Å². The van der Waals surface area contributed by atoms with Gasteiger partial charge in [0.15, 0.2) is 0 Å². The summed E-state index contributed by atoms with van der Waals surface area (Å²) in [4.78, 5) is 10.2. The zero-order valence-corrected chi connectivity index (χ0v) is 8.21. The summed E-state index contributed by atoms with van der Waals surface area (Å²) in [6.45, 7) is 4.14. The Morgan fingerprint density at radius 2 is 2.15 bits per heavy atom. The van der Waals surface area contributed by atoms with Gasteiger partial charge in [-0.1, -0.05) is 11.6 Å². The minimum Gasteiger partial charge on any atom is -0.350 e. The number of amides is 2. The highest BCUT2D eigenvalue weighted by atomic mass is 16.2. The summed E-state index contributed by atoms with van der Waals surface area (Å²) in [5, 5.41) is 3.62. The molecular weight excluding hydrogens is 166 g/mol. The Morgan fingerprint density at radius 1 is 1.46 bits per heavy atom. The average molecular weight is 183 g/mol. The molecule has 3 N–H and O–H groups in total. The van der Waals surface area contributed by atoms with E-state index >= 15 is 0 Å². The molecule has 2 amide bonds. The maximum Gasteiger partial charge on any atom is 0.332 e. The summed E-state index contributed by atoms with van der Waals surface area (Å²) >= 11 is 0. The number of carbonyl (C=O) groups is 1. The molecule has 13 heavy (non-hydrogen) atoms. The lowest BCUT2D eigenvalue weighted by Crippen LogP contribution is -2.24. The topological polar surface area (TPSA) is 67.5 Å². The van der Waals surface area contributed by atoms with Gasteiger partial charge in [-0.25, -0.2) is 10.2 Å². The number of carbonyl (C=O) groups excluding carboxylic acids is 1. The molecular formula is C9H17N3O. The molecule has 0 atom stereocenters. The molecule has 0 aliphatic rings. The van der Waals surface area contributed by atoms with E-state index in [1.54, 1.807) is 6.21 Å². The van der Waals surface area contributed by atoms with Crippen molar-refractivity contribution in [1.82, 2.24) is 5.43 Å². The highest BCUT2D eigenvalue weighted by molar-refractivity contribution is 5.72. The molecule has 0 saturated carbocycles. The number of nitrogens with two attached hydrogens (primary N) is 1. The summed E-state index contributed by atoms with van der Waals surface area (Å²) in [5.74, 6) is 0. The number of hydrogen-bond acceptors (Lipinski definition) is 2. The molecule has 4 heteroatoms. The summed E-state index contributed by atoms with van der Waals surface area (Å²) in [6, 6.07) is -0.624. The molecule has 0 bridgehead atoms. The van der Waals surface area contributed by atoms with E-state index in [4.69, 9.17) is 5.73 Å². The van der Waals surface area contributed by atoms with Crippen LogP contribution in [0.15, 0.2) is 16.8 Å². The first-order valence-electron chi connectivity index (χ1n) is 4.33. The average Bonchev–Trinajstić information content (AvgIpc) is 2.01. The lowest BCUT2D eigenvalue weighted by Gasteiger charge is -1.92. The normalized spacial score (nSPS) is 10.0. The molecule has 0 heterocycles. The molecule has 0 unspecified atom stereocenters. The van der Waals surface area contributed by atoms with E-state index in [9.17, 15) is 4.79 Å². The van der Waals surface area contributed by atoms with Crippen molar-refractivity contribution in [3.8, 4) is 0 Å². The van der Waals surface area contributed by atoms with E-state index < -0.39 is 6.03 Å². The predicted molar refractivity (Wildman–Crippen MR) is 54.5 cm³/mol. The Hall–Kier alpha value is -1.32. The van der Waals surface area contributed by atoms with Crippen LogP contribution in [0.5, 0.6) is 0 Å². The van der Waals surface area contributed by atoms with Crippen LogP contribution in [0.2, 0.25) is 0 Å². The second-order valence-electron chi connectivity index (χ2n) is 3.00.